The normalized spacial score (nSPS) is 12.1. The SMILES string of the molecule is Cc1cc(=O)cc(C(=O)NC(C)c2ccsc2)o1. The summed E-state index contributed by atoms with van der Waals surface area (Å²) < 4.78 is 5.23. The predicted molar refractivity (Wildman–Crippen MR) is 69.9 cm³/mol. The number of rotatable bonds is 3. The Morgan fingerprint density at radius 3 is 2.83 bits per heavy atom. The fraction of sp³-hybridized carbons (Fsp3) is 0.231. The van der Waals surface area contributed by atoms with Crippen LogP contribution in [0.3, 0.4) is 0 Å². The van der Waals surface area contributed by atoms with Crippen LogP contribution in [0.5, 0.6) is 0 Å². The largest absolute Gasteiger partial charge is 0.456 e. The van der Waals surface area contributed by atoms with Crippen molar-refractivity contribution in [2.75, 3.05) is 0 Å². The van der Waals surface area contributed by atoms with Crippen molar-refractivity contribution in [1.82, 2.24) is 5.32 Å². The number of aryl methyl sites for hydroxylation is 1. The Hall–Kier alpha value is -1.88. The summed E-state index contributed by atoms with van der Waals surface area (Å²) >= 11 is 1.57. The van der Waals surface area contributed by atoms with E-state index in [1.165, 1.54) is 12.1 Å². The van der Waals surface area contributed by atoms with E-state index in [2.05, 4.69) is 5.32 Å². The van der Waals surface area contributed by atoms with Gasteiger partial charge >= 0.3 is 0 Å². The van der Waals surface area contributed by atoms with Gasteiger partial charge in [0, 0.05) is 12.1 Å². The zero-order chi connectivity index (χ0) is 13.1. The van der Waals surface area contributed by atoms with Crippen LogP contribution in [0, 0.1) is 6.92 Å². The highest BCUT2D eigenvalue weighted by molar-refractivity contribution is 7.07. The summed E-state index contributed by atoms with van der Waals surface area (Å²) in [6.07, 6.45) is 0. The second kappa shape index (κ2) is 5.18. The molecular formula is C13H13NO3S. The highest BCUT2D eigenvalue weighted by atomic mass is 32.1. The third-order valence-electron chi connectivity index (χ3n) is 2.50. The lowest BCUT2D eigenvalue weighted by molar-refractivity contribution is 0.0907. The Labute approximate surface area is 108 Å². The van der Waals surface area contributed by atoms with Crippen molar-refractivity contribution in [3.63, 3.8) is 0 Å². The van der Waals surface area contributed by atoms with Crippen LogP contribution in [0.1, 0.15) is 34.8 Å². The molecular weight excluding hydrogens is 250 g/mol. The van der Waals surface area contributed by atoms with Gasteiger partial charge in [-0.05, 0) is 36.2 Å². The molecule has 0 radical (unpaired) electrons. The second-order valence-corrected chi connectivity index (χ2v) is 4.80. The Balaban J connectivity index is 2.15. The zero-order valence-electron chi connectivity index (χ0n) is 10.1. The molecule has 18 heavy (non-hydrogen) atoms. The zero-order valence-corrected chi connectivity index (χ0v) is 10.9. The first-order chi connectivity index (χ1) is 8.56. The van der Waals surface area contributed by atoms with E-state index >= 15 is 0 Å². The summed E-state index contributed by atoms with van der Waals surface area (Å²) in [4.78, 5) is 23.2. The lowest BCUT2D eigenvalue weighted by atomic mass is 10.2. The minimum absolute atomic E-state index is 0.0436. The van der Waals surface area contributed by atoms with Crippen molar-refractivity contribution in [2.45, 2.75) is 19.9 Å². The van der Waals surface area contributed by atoms with E-state index in [4.69, 9.17) is 4.42 Å². The highest BCUT2D eigenvalue weighted by Gasteiger charge is 2.14. The van der Waals surface area contributed by atoms with Crippen LogP contribution in [0.2, 0.25) is 0 Å². The maximum Gasteiger partial charge on any atom is 0.287 e. The van der Waals surface area contributed by atoms with Gasteiger partial charge in [-0.25, -0.2) is 0 Å². The lowest BCUT2D eigenvalue weighted by Crippen LogP contribution is -2.27. The van der Waals surface area contributed by atoms with Gasteiger partial charge in [-0.2, -0.15) is 11.3 Å². The molecule has 1 amide bonds. The van der Waals surface area contributed by atoms with E-state index in [-0.39, 0.29) is 23.1 Å². The second-order valence-electron chi connectivity index (χ2n) is 4.02. The highest BCUT2D eigenvalue weighted by Crippen LogP contribution is 2.16. The van der Waals surface area contributed by atoms with Crippen LogP contribution in [-0.4, -0.2) is 5.91 Å². The lowest BCUT2D eigenvalue weighted by Gasteiger charge is -2.11. The molecule has 0 spiro atoms. The summed E-state index contributed by atoms with van der Waals surface area (Å²) in [5.74, 6) is 0.0902. The van der Waals surface area contributed by atoms with Crippen LogP contribution in [0.15, 0.2) is 38.2 Å². The van der Waals surface area contributed by atoms with Gasteiger partial charge in [-0.1, -0.05) is 0 Å². The number of hydrogen-bond donors (Lipinski definition) is 1. The molecule has 0 saturated heterocycles. The Bertz CT molecular complexity index is 601. The molecule has 1 N–H and O–H groups in total. The average Bonchev–Trinajstić information content (AvgIpc) is 2.80. The molecule has 4 nitrogen and oxygen atoms in total. The first kappa shape index (κ1) is 12.6. The van der Waals surface area contributed by atoms with E-state index in [0.29, 0.717) is 5.76 Å². The minimum atomic E-state index is -0.380. The van der Waals surface area contributed by atoms with Gasteiger partial charge in [0.25, 0.3) is 5.91 Å². The summed E-state index contributed by atoms with van der Waals surface area (Å²) in [6, 6.07) is 4.37. The van der Waals surface area contributed by atoms with Crippen molar-refractivity contribution in [3.05, 3.63) is 56.3 Å². The van der Waals surface area contributed by atoms with Crippen molar-refractivity contribution in [2.24, 2.45) is 0 Å². The van der Waals surface area contributed by atoms with Crippen molar-refractivity contribution in [1.29, 1.82) is 0 Å². The molecule has 1 atom stereocenters. The molecule has 0 aliphatic carbocycles. The molecule has 5 heteroatoms. The van der Waals surface area contributed by atoms with Crippen molar-refractivity contribution < 1.29 is 9.21 Å². The van der Waals surface area contributed by atoms with Gasteiger partial charge in [0.05, 0.1) is 6.04 Å². The number of nitrogens with one attached hydrogen (secondary N) is 1. The fourth-order valence-electron chi connectivity index (χ4n) is 1.59. The molecule has 94 valence electrons. The van der Waals surface area contributed by atoms with E-state index in [1.807, 2.05) is 23.8 Å². The van der Waals surface area contributed by atoms with Gasteiger partial charge in [0.15, 0.2) is 11.2 Å². The Morgan fingerprint density at radius 1 is 1.44 bits per heavy atom. The molecule has 0 bridgehead atoms. The number of amides is 1. The molecule has 0 aliphatic rings. The molecule has 0 saturated carbocycles. The quantitative estimate of drug-likeness (QED) is 0.925. The molecule has 2 rings (SSSR count). The predicted octanol–water partition coefficient (Wildman–Crippen LogP) is 2.50. The molecule has 0 aromatic carbocycles. The average molecular weight is 263 g/mol. The van der Waals surface area contributed by atoms with Gasteiger partial charge in [-0.3, -0.25) is 9.59 Å². The van der Waals surface area contributed by atoms with Crippen molar-refractivity contribution in [3.8, 4) is 0 Å². The van der Waals surface area contributed by atoms with Crippen LogP contribution < -0.4 is 10.7 Å². The summed E-state index contributed by atoms with van der Waals surface area (Å²) in [5, 5.41) is 6.71. The number of carbonyl (C=O) groups excluding carboxylic acids is 1. The molecule has 1 unspecified atom stereocenters. The third-order valence-corrected chi connectivity index (χ3v) is 3.21. The van der Waals surface area contributed by atoms with E-state index in [1.54, 1.807) is 18.3 Å². The summed E-state index contributed by atoms with van der Waals surface area (Å²) in [6.45, 7) is 3.52. The molecule has 2 aromatic heterocycles. The standard InChI is InChI=1S/C13H13NO3S/c1-8-5-11(15)6-12(17-8)13(16)14-9(2)10-3-4-18-7-10/h3-7,9H,1-2H3,(H,14,16). The fourth-order valence-corrected chi connectivity index (χ4v) is 2.34. The Kier molecular flexibility index (Phi) is 3.62. The smallest absolute Gasteiger partial charge is 0.287 e. The topological polar surface area (TPSA) is 59.3 Å². The maximum atomic E-state index is 11.9. The van der Waals surface area contributed by atoms with E-state index < -0.39 is 0 Å². The Morgan fingerprint density at radius 2 is 2.22 bits per heavy atom. The third kappa shape index (κ3) is 2.87. The van der Waals surface area contributed by atoms with Crippen LogP contribution in [-0.2, 0) is 0 Å². The first-order valence-electron chi connectivity index (χ1n) is 5.51. The van der Waals surface area contributed by atoms with Crippen LogP contribution >= 0.6 is 11.3 Å². The van der Waals surface area contributed by atoms with Crippen molar-refractivity contribution >= 4 is 17.2 Å². The molecule has 0 aliphatic heterocycles. The van der Waals surface area contributed by atoms with E-state index in [0.717, 1.165) is 5.56 Å². The first-order valence-corrected chi connectivity index (χ1v) is 6.45. The summed E-state index contributed by atoms with van der Waals surface area (Å²) in [7, 11) is 0. The maximum absolute atomic E-state index is 11.9. The van der Waals surface area contributed by atoms with Crippen LogP contribution in [0.4, 0.5) is 0 Å². The van der Waals surface area contributed by atoms with Gasteiger partial charge < -0.3 is 9.73 Å². The number of carbonyl (C=O) groups is 1. The van der Waals surface area contributed by atoms with Gasteiger partial charge in [0.1, 0.15) is 5.76 Å². The monoisotopic (exact) mass is 263 g/mol. The molecule has 2 heterocycles. The van der Waals surface area contributed by atoms with Gasteiger partial charge in [0.2, 0.25) is 0 Å². The minimum Gasteiger partial charge on any atom is -0.456 e. The van der Waals surface area contributed by atoms with Gasteiger partial charge in [-0.15, -0.1) is 0 Å². The molecule has 0 fully saturated rings. The van der Waals surface area contributed by atoms with E-state index in [9.17, 15) is 9.59 Å². The molecule has 2 aromatic rings. The van der Waals surface area contributed by atoms with Crippen LogP contribution in [0.25, 0.3) is 0 Å². The summed E-state index contributed by atoms with van der Waals surface area (Å²) in [5.41, 5.74) is 0.801. The number of thiophene rings is 1. The number of hydrogen-bond acceptors (Lipinski definition) is 4.